The molecule has 0 spiro atoms. The summed E-state index contributed by atoms with van der Waals surface area (Å²) in [6, 6.07) is 3.31. The molecule has 2 saturated heterocycles. The monoisotopic (exact) mass is 495 g/mol. The molecule has 3 amide bonds. The number of hydrogen-bond acceptors (Lipinski definition) is 5. The van der Waals surface area contributed by atoms with E-state index >= 15 is 0 Å². The third kappa shape index (κ3) is 5.27. The van der Waals surface area contributed by atoms with Gasteiger partial charge in [-0.3, -0.25) is 14.4 Å². The van der Waals surface area contributed by atoms with Crippen molar-refractivity contribution in [3.05, 3.63) is 28.2 Å². The van der Waals surface area contributed by atoms with E-state index in [9.17, 15) is 19.2 Å². The average molecular weight is 496 g/mol. The van der Waals surface area contributed by atoms with E-state index in [0.717, 1.165) is 19.3 Å². The number of likely N-dealkylation sites (tertiary alicyclic amines) is 1. The van der Waals surface area contributed by atoms with Gasteiger partial charge >= 0.3 is 0 Å². The maximum atomic E-state index is 13.3. The molecule has 0 radical (unpaired) electrons. The third-order valence-corrected chi connectivity index (χ3v) is 7.45. The number of benzene rings is 1. The van der Waals surface area contributed by atoms with Crippen LogP contribution in [0.2, 0.25) is 10.0 Å². The van der Waals surface area contributed by atoms with Crippen molar-refractivity contribution in [3.8, 4) is 5.75 Å². The van der Waals surface area contributed by atoms with Crippen LogP contribution in [0.5, 0.6) is 5.75 Å². The second-order valence-electron chi connectivity index (χ2n) is 8.97. The highest BCUT2D eigenvalue weighted by molar-refractivity contribution is 6.35. The standard InChI is InChI=1S/C23H27Cl2N3O5/c24-15-4-5-19(18(25)9-15)33-12-20(30)28-10-14-2-1-3-17(14)21(28)23(32)27-16(11-29)8-13-6-7-26-22(13)31/h4-5,9,11,13-14,16-17,21H,1-3,6-8,10,12H2,(H,26,31)(H,27,32). The molecule has 10 heteroatoms. The van der Waals surface area contributed by atoms with E-state index in [-0.39, 0.29) is 48.5 Å². The van der Waals surface area contributed by atoms with Gasteiger partial charge in [-0.1, -0.05) is 29.6 Å². The number of nitrogens with one attached hydrogen (secondary N) is 2. The van der Waals surface area contributed by atoms with Crippen molar-refractivity contribution in [2.45, 2.75) is 44.2 Å². The molecule has 2 heterocycles. The van der Waals surface area contributed by atoms with E-state index in [1.165, 1.54) is 6.07 Å². The highest BCUT2D eigenvalue weighted by Gasteiger charge is 2.49. The van der Waals surface area contributed by atoms with E-state index in [2.05, 4.69) is 10.6 Å². The molecule has 5 unspecified atom stereocenters. The van der Waals surface area contributed by atoms with Crippen molar-refractivity contribution >= 4 is 47.2 Å². The van der Waals surface area contributed by atoms with Gasteiger partial charge in [-0.2, -0.15) is 0 Å². The average Bonchev–Trinajstić information content (AvgIpc) is 3.48. The lowest BCUT2D eigenvalue weighted by atomic mass is 9.92. The van der Waals surface area contributed by atoms with Gasteiger partial charge in [-0.05, 0) is 55.7 Å². The number of ether oxygens (including phenoxy) is 1. The Kier molecular flexibility index (Phi) is 7.44. The molecule has 178 valence electrons. The number of rotatable bonds is 8. The highest BCUT2D eigenvalue weighted by atomic mass is 35.5. The number of nitrogens with zero attached hydrogens (tertiary/aromatic N) is 1. The Hall–Kier alpha value is -2.32. The summed E-state index contributed by atoms with van der Waals surface area (Å²) in [5.41, 5.74) is 0. The summed E-state index contributed by atoms with van der Waals surface area (Å²) >= 11 is 12.0. The van der Waals surface area contributed by atoms with Crippen molar-refractivity contribution < 1.29 is 23.9 Å². The van der Waals surface area contributed by atoms with Gasteiger partial charge < -0.3 is 25.1 Å². The van der Waals surface area contributed by atoms with Gasteiger partial charge in [-0.15, -0.1) is 0 Å². The molecule has 5 atom stereocenters. The number of carbonyl (C=O) groups excluding carboxylic acids is 4. The third-order valence-electron chi connectivity index (χ3n) is 6.92. The molecule has 33 heavy (non-hydrogen) atoms. The molecule has 1 aromatic rings. The van der Waals surface area contributed by atoms with Crippen LogP contribution in [0.1, 0.15) is 32.1 Å². The molecule has 8 nitrogen and oxygen atoms in total. The Morgan fingerprint density at radius 1 is 1.27 bits per heavy atom. The SMILES string of the molecule is O=CC(CC1CCNC1=O)NC(=O)C1C2CCCC2CN1C(=O)COc1ccc(Cl)cc1Cl. The van der Waals surface area contributed by atoms with E-state index in [0.29, 0.717) is 41.6 Å². The molecule has 1 aromatic carbocycles. The van der Waals surface area contributed by atoms with Gasteiger partial charge in [0.1, 0.15) is 18.1 Å². The normalized spacial score (nSPS) is 27.1. The summed E-state index contributed by atoms with van der Waals surface area (Å²) in [7, 11) is 0. The van der Waals surface area contributed by atoms with Crippen LogP contribution in [0, 0.1) is 17.8 Å². The van der Waals surface area contributed by atoms with E-state index < -0.39 is 12.1 Å². The van der Waals surface area contributed by atoms with Crippen LogP contribution in [0.25, 0.3) is 0 Å². The molecule has 0 bridgehead atoms. The fourth-order valence-corrected chi connectivity index (χ4v) is 5.77. The van der Waals surface area contributed by atoms with E-state index in [1.807, 2.05) is 0 Å². The largest absolute Gasteiger partial charge is 0.482 e. The highest BCUT2D eigenvalue weighted by Crippen LogP contribution is 2.42. The number of amides is 3. The van der Waals surface area contributed by atoms with Crippen LogP contribution in [-0.2, 0) is 19.2 Å². The Bertz CT molecular complexity index is 943. The van der Waals surface area contributed by atoms with Crippen LogP contribution >= 0.6 is 23.2 Å². The van der Waals surface area contributed by atoms with Crippen molar-refractivity contribution in [1.82, 2.24) is 15.5 Å². The summed E-state index contributed by atoms with van der Waals surface area (Å²) in [6.45, 7) is 0.801. The molecule has 2 N–H and O–H groups in total. The minimum Gasteiger partial charge on any atom is -0.482 e. The number of carbonyl (C=O) groups is 4. The predicted octanol–water partition coefficient (Wildman–Crippen LogP) is 2.21. The second-order valence-corrected chi connectivity index (χ2v) is 9.82. The van der Waals surface area contributed by atoms with Gasteiger partial charge in [0.15, 0.2) is 6.61 Å². The number of hydrogen-bond donors (Lipinski definition) is 2. The first-order valence-electron chi connectivity index (χ1n) is 11.3. The Labute approximate surface area is 202 Å². The molecular weight excluding hydrogens is 469 g/mol. The van der Waals surface area contributed by atoms with Crippen molar-refractivity contribution in [2.75, 3.05) is 19.7 Å². The zero-order valence-electron chi connectivity index (χ0n) is 18.1. The lowest BCUT2D eigenvalue weighted by molar-refractivity contribution is -0.141. The van der Waals surface area contributed by atoms with Crippen molar-refractivity contribution in [2.24, 2.45) is 17.8 Å². The van der Waals surface area contributed by atoms with Crippen LogP contribution in [0.4, 0.5) is 0 Å². The van der Waals surface area contributed by atoms with Crippen LogP contribution < -0.4 is 15.4 Å². The summed E-state index contributed by atoms with van der Waals surface area (Å²) in [6.07, 6.45) is 4.39. The van der Waals surface area contributed by atoms with Gasteiger partial charge in [0, 0.05) is 24.0 Å². The van der Waals surface area contributed by atoms with Gasteiger partial charge in [0.25, 0.3) is 5.91 Å². The van der Waals surface area contributed by atoms with Crippen molar-refractivity contribution in [1.29, 1.82) is 0 Å². The first-order valence-corrected chi connectivity index (χ1v) is 12.0. The van der Waals surface area contributed by atoms with Gasteiger partial charge in [-0.25, -0.2) is 0 Å². The number of halogens is 2. The molecule has 0 aromatic heterocycles. The fourth-order valence-electron chi connectivity index (χ4n) is 5.31. The molecule has 3 aliphatic rings. The first-order chi connectivity index (χ1) is 15.9. The van der Waals surface area contributed by atoms with Gasteiger partial charge in [0.05, 0.1) is 11.1 Å². The molecule has 3 fully saturated rings. The first kappa shape index (κ1) is 23.8. The zero-order chi connectivity index (χ0) is 23.5. The summed E-state index contributed by atoms with van der Waals surface area (Å²) in [5.74, 6) is -0.410. The lowest BCUT2D eigenvalue weighted by Gasteiger charge is -2.28. The Morgan fingerprint density at radius 3 is 2.79 bits per heavy atom. The lowest BCUT2D eigenvalue weighted by Crippen LogP contribution is -2.52. The fraction of sp³-hybridized carbons (Fsp3) is 0.565. The molecule has 2 aliphatic heterocycles. The molecule has 4 rings (SSSR count). The van der Waals surface area contributed by atoms with Crippen LogP contribution in [0.3, 0.4) is 0 Å². The van der Waals surface area contributed by atoms with Crippen molar-refractivity contribution in [3.63, 3.8) is 0 Å². The molecular formula is C23H27Cl2N3O5. The van der Waals surface area contributed by atoms with E-state index in [4.69, 9.17) is 27.9 Å². The summed E-state index contributed by atoms with van der Waals surface area (Å²) in [5, 5.41) is 6.29. The second kappa shape index (κ2) is 10.3. The molecule has 1 saturated carbocycles. The smallest absolute Gasteiger partial charge is 0.261 e. The van der Waals surface area contributed by atoms with Gasteiger partial charge in [0.2, 0.25) is 11.8 Å². The minimum atomic E-state index is -0.770. The van der Waals surface area contributed by atoms with Crippen LogP contribution in [-0.4, -0.2) is 60.7 Å². The topological polar surface area (TPSA) is 105 Å². The maximum Gasteiger partial charge on any atom is 0.261 e. The number of aldehydes is 1. The minimum absolute atomic E-state index is 0.0511. The molecule has 1 aliphatic carbocycles. The predicted molar refractivity (Wildman–Crippen MR) is 122 cm³/mol. The Balaban J connectivity index is 1.42. The maximum absolute atomic E-state index is 13.3. The zero-order valence-corrected chi connectivity index (χ0v) is 19.6. The summed E-state index contributed by atoms with van der Waals surface area (Å²) in [4.78, 5) is 51.4. The summed E-state index contributed by atoms with van der Waals surface area (Å²) < 4.78 is 5.60. The quantitative estimate of drug-likeness (QED) is 0.537. The Morgan fingerprint density at radius 2 is 2.09 bits per heavy atom. The van der Waals surface area contributed by atoms with E-state index in [1.54, 1.807) is 17.0 Å². The number of fused-ring (bicyclic) bond motifs is 1. The van der Waals surface area contributed by atoms with Crippen LogP contribution in [0.15, 0.2) is 18.2 Å².